The van der Waals surface area contributed by atoms with E-state index in [0.29, 0.717) is 18.9 Å². The summed E-state index contributed by atoms with van der Waals surface area (Å²) in [7, 11) is 0. The van der Waals surface area contributed by atoms with Crippen LogP contribution in [0.3, 0.4) is 0 Å². The molecule has 0 bridgehead atoms. The number of carbonyl (C=O) groups excluding carboxylic acids is 1. The summed E-state index contributed by atoms with van der Waals surface area (Å²) in [6, 6.07) is 0.246. The van der Waals surface area contributed by atoms with E-state index in [1.165, 1.54) is 6.42 Å². The fourth-order valence-corrected chi connectivity index (χ4v) is 2.51. The van der Waals surface area contributed by atoms with E-state index < -0.39 is 0 Å². The number of rotatable bonds is 6. The van der Waals surface area contributed by atoms with Gasteiger partial charge in [-0.2, -0.15) is 0 Å². The van der Waals surface area contributed by atoms with Crippen molar-refractivity contribution in [3.63, 3.8) is 0 Å². The molecule has 0 spiro atoms. The van der Waals surface area contributed by atoms with Gasteiger partial charge in [-0.05, 0) is 45.6 Å². The van der Waals surface area contributed by atoms with Crippen LogP contribution in [0.15, 0.2) is 0 Å². The number of piperidine rings is 1. The number of hydrogen-bond donors (Lipinski definition) is 1. The molecule has 2 atom stereocenters. The number of aliphatic hydroxyl groups is 1. The van der Waals surface area contributed by atoms with Crippen molar-refractivity contribution in [2.24, 2.45) is 5.92 Å². The van der Waals surface area contributed by atoms with E-state index in [2.05, 4.69) is 11.8 Å². The lowest BCUT2D eigenvalue weighted by Gasteiger charge is -2.36. The zero-order valence-electron chi connectivity index (χ0n) is 11.0. The highest BCUT2D eigenvalue weighted by Gasteiger charge is 2.24. The predicted octanol–water partition coefficient (Wildman–Crippen LogP) is 1.42. The molecule has 2 unspecified atom stereocenters. The van der Waals surface area contributed by atoms with Crippen molar-refractivity contribution in [2.75, 3.05) is 26.3 Å². The fraction of sp³-hybridized carbons (Fsp3) is 0.923. The summed E-state index contributed by atoms with van der Waals surface area (Å²) >= 11 is 0. The molecule has 1 heterocycles. The van der Waals surface area contributed by atoms with Gasteiger partial charge in [0.25, 0.3) is 0 Å². The van der Waals surface area contributed by atoms with Gasteiger partial charge >= 0.3 is 5.97 Å². The first-order valence-corrected chi connectivity index (χ1v) is 6.67. The number of nitrogens with zero attached hydrogens (tertiary/aromatic N) is 1. The maximum atomic E-state index is 11.4. The van der Waals surface area contributed by atoms with Crippen molar-refractivity contribution in [3.8, 4) is 0 Å². The SMILES string of the molecule is CCOC(=O)CC(C)N1CCCC(CCO)C1. The molecule has 0 aromatic rings. The zero-order valence-corrected chi connectivity index (χ0v) is 11.0. The van der Waals surface area contributed by atoms with Crippen LogP contribution in [0.2, 0.25) is 0 Å². The largest absolute Gasteiger partial charge is 0.466 e. The molecule has 1 saturated heterocycles. The molecule has 1 fully saturated rings. The number of ether oxygens (including phenoxy) is 1. The summed E-state index contributed by atoms with van der Waals surface area (Å²) in [5.74, 6) is 0.475. The van der Waals surface area contributed by atoms with Crippen LogP contribution in [0.1, 0.15) is 39.5 Å². The molecule has 0 aromatic heterocycles. The molecule has 1 aliphatic heterocycles. The Kier molecular flexibility index (Phi) is 6.52. The van der Waals surface area contributed by atoms with Crippen molar-refractivity contribution in [1.29, 1.82) is 0 Å². The fourth-order valence-electron chi connectivity index (χ4n) is 2.51. The van der Waals surface area contributed by atoms with E-state index in [0.717, 1.165) is 25.9 Å². The average molecular weight is 243 g/mol. The Bertz CT molecular complexity index is 231. The van der Waals surface area contributed by atoms with Crippen molar-refractivity contribution < 1.29 is 14.6 Å². The van der Waals surface area contributed by atoms with Crippen LogP contribution in [0.5, 0.6) is 0 Å². The molecule has 0 aromatic carbocycles. The minimum atomic E-state index is -0.107. The van der Waals surface area contributed by atoms with Gasteiger partial charge in [0, 0.05) is 19.2 Å². The second-order valence-corrected chi connectivity index (χ2v) is 4.87. The summed E-state index contributed by atoms with van der Waals surface area (Å²) in [6.07, 6.45) is 3.71. The Morgan fingerprint density at radius 1 is 1.59 bits per heavy atom. The predicted molar refractivity (Wildman–Crippen MR) is 66.7 cm³/mol. The molecule has 1 N–H and O–H groups in total. The first kappa shape index (κ1) is 14.5. The summed E-state index contributed by atoms with van der Waals surface area (Å²) in [6.45, 7) is 6.70. The zero-order chi connectivity index (χ0) is 12.7. The topological polar surface area (TPSA) is 49.8 Å². The lowest BCUT2D eigenvalue weighted by Crippen LogP contribution is -2.42. The molecule has 4 heteroatoms. The molecule has 0 radical (unpaired) electrons. The van der Waals surface area contributed by atoms with E-state index in [-0.39, 0.29) is 18.6 Å². The summed E-state index contributed by atoms with van der Waals surface area (Å²) in [5, 5.41) is 8.97. The average Bonchev–Trinajstić information content (AvgIpc) is 2.30. The first-order chi connectivity index (χ1) is 8.17. The Morgan fingerprint density at radius 2 is 2.35 bits per heavy atom. The molecule has 1 rings (SSSR count). The number of likely N-dealkylation sites (tertiary alicyclic amines) is 1. The second kappa shape index (κ2) is 7.67. The van der Waals surface area contributed by atoms with E-state index in [9.17, 15) is 4.79 Å². The normalized spacial score (nSPS) is 23.4. The van der Waals surface area contributed by atoms with E-state index in [4.69, 9.17) is 9.84 Å². The highest BCUT2D eigenvalue weighted by Crippen LogP contribution is 2.21. The van der Waals surface area contributed by atoms with Crippen LogP contribution < -0.4 is 0 Å². The highest BCUT2D eigenvalue weighted by molar-refractivity contribution is 5.70. The molecular weight excluding hydrogens is 218 g/mol. The van der Waals surface area contributed by atoms with Gasteiger partial charge in [-0.3, -0.25) is 9.69 Å². The third-order valence-corrected chi connectivity index (χ3v) is 3.48. The molecular formula is C13H25NO3. The number of carbonyl (C=O) groups is 1. The van der Waals surface area contributed by atoms with Gasteiger partial charge in [0.2, 0.25) is 0 Å². The lowest BCUT2D eigenvalue weighted by molar-refractivity contribution is -0.144. The minimum Gasteiger partial charge on any atom is -0.466 e. The van der Waals surface area contributed by atoms with Gasteiger partial charge in [-0.25, -0.2) is 0 Å². The molecule has 17 heavy (non-hydrogen) atoms. The number of hydrogen-bond acceptors (Lipinski definition) is 4. The van der Waals surface area contributed by atoms with Gasteiger partial charge in [-0.1, -0.05) is 0 Å². The van der Waals surface area contributed by atoms with Crippen LogP contribution in [0.25, 0.3) is 0 Å². The maximum Gasteiger partial charge on any atom is 0.307 e. The third kappa shape index (κ3) is 5.04. The molecule has 0 saturated carbocycles. The second-order valence-electron chi connectivity index (χ2n) is 4.87. The van der Waals surface area contributed by atoms with Crippen molar-refractivity contribution >= 4 is 5.97 Å². The summed E-state index contributed by atoms with van der Waals surface area (Å²) in [5.41, 5.74) is 0. The van der Waals surface area contributed by atoms with Crippen LogP contribution >= 0.6 is 0 Å². The van der Waals surface area contributed by atoms with Crippen LogP contribution in [0, 0.1) is 5.92 Å². The molecule has 0 aliphatic carbocycles. The van der Waals surface area contributed by atoms with Gasteiger partial charge in [0.1, 0.15) is 0 Å². The Balaban J connectivity index is 2.35. The number of esters is 1. The maximum absolute atomic E-state index is 11.4. The summed E-state index contributed by atoms with van der Waals surface area (Å²) in [4.78, 5) is 13.8. The van der Waals surface area contributed by atoms with Crippen LogP contribution in [-0.2, 0) is 9.53 Å². The lowest BCUT2D eigenvalue weighted by atomic mass is 9.94. The van der Waals surface area contributed by atoms with E-state index >= 15 is 0 Å². The van der Waals surface area contributed by atoms with E-state index in [1.54, 1.807) is 0 Å². The Hall–Kier alpha value is -0.610. The monoisotopic (exact) mass is 243 g/mol. The van der Waals surface area contributed by atoms with Gasteiger partial charge in [-0.15, -0.1) is 0 Å². The smallest absolute Gasteiger partial charge is 0.307 e. The van der Waals surface area contributed by atoms with Crippen molar-refractivity contribution in [2.45, 2.75) is 45.6 Å². The van der Waals surface area contributed by atoms with Crippen LogP contribution in [-0.4, -0.2) is 48.3 Å². The molecule has 100 valence electrons. The molecule has 4 nitrogen and oxygen atoms in total. The third-order valence-electron chi connectivity index (χ3n) is 3.48. The first-order valence-electron chi connectivity index (χ1n) is 6.67. The number of aliphatic hydroxyl groups excluding tert-OH is 1. The highest BCUT2D eigenvalue weighted by atomic mass is 16.5. The molecule has 0 amide bonds. The van der Waals surface area contributed by atoms with Crippen LogP contribution in [0.4, 0.5) is 0 Å². The Morgan fingerprint density at radius 3 is 3.00 bits per heavy atom. The molecule has 1 aliphatic rings. The van der Waals surface area contributed by atoms with Crippen molar-refractivity contribution in [1.82, 2.24) is 4.90 Å². The van der Waals surface area contributed by atoms with Gasteiger partial charge in [0.15, 0.2) is 0 Å². The van der Waals surface area contributed by atoms with Gasteiger partial charge < -0.3 is 9.84 Å². The Labute approximate surface area is 104 Å². The minimum absolute atomic E-state index is 0.107. The quantitative estimate of drug-likeness (QED) is 0.717. The van der Waals surface area contributed by atoms with Gasteiger partial charge in [0.05, 0.1) is 13.0 Å². The van der Waals surface area contributed by atoms with E-state index in [1.807, 2.05) is 6.92 Å². The standard InChI is InChI=1S/C13H25NO3/c1-3-17-13(16)9-11(2)14-7-4-5-12(10-14)6-8-15/h11-12,15H,3-10H2,1-2H3. The van der Waals surface area contributed by atoms with Crippen molar-refractivity contribution in [3.05, 3.63) is 0 Å². The summed E-state index contributed by atoms with van der Waals surface area (Å²) < 4.78 is 4.97.